The summed E-state index contributed by atoms with van der Waals surface area (Å²) in [6, 6.07) is 14.2. The highest BCUT2D eigenvalue weighted by atomic mass is 16.2. The fourth-order valence-corrected chi connectivity index (χ4v) is 3.27. The molecule has 1 aliphatic heterocycles. The summed E-state index contributed by atoms with van der Waals surface area (Å²) in [6.45, 7) is 6.61. The van der Waals surface area contributed by atoms with E-state index in [1.165, 1.54) is 5.69 Å². The van der Waals surface area contributed by atoms with E-state index in [2.05, 4.69) is 56.6 Å². The van der Waals surface area contributed by atoms with Gasteiger partial charge in [-0.25, -0.2) is 0 Å². The highest BCUT2D eigenvalue weighted by Gasteiger charge is 2.22. The second-order valence-electron chi connectivity index (χ2n) is 6.96. The van der Waals surface area contributed by atoms with Crippen LogP contribution in [0.4, 0.5) is 5.69 Å². The summed E-state index contributed by atoms with van der Waals surface area (Å²) < 4.78 is 0. The van der Waals surface area contributed by atoms with Crippen molar-refractivity contribution in [1.29, 1.82) is 0 Å². The minimum atomic E-state index is -0.613. The Bertz CT molecular complexity index is 761. The maximum absolute atomic E-state index is 12.0. The summed E-state index contributed by atoms with van der Waals surface area (Å²) in [5.41, 5.74) is 2.15. The molecule has 3 rings (SSSR count). The van der Waals surface area contributed by atoms with Crippen molar-refractivity contribution in [3.63, 3.8) is 0 Å². The summed E-state index contributed by atoms with van der Waals surface area (Å²) in [5.74, 6) is -1.21. The zero-order valence-corrected chi connectivity index (χ0v) is 16.2. The van der Waals surface area contributed by atoms with Crippen LogP contribution in [0.25, 0.3) is 0 Å². The van der Waals surface area contributed by atoms with Crippen LogP contribution in [0.1, 0.15) is 12.5 Å². The third kappa shape index (κ3) is 5.53. The number of rotatable bonds is 6. The Morgan fingerprint density at radius 1 is 0.964 bits per heavy atom. The van der Waals surface area contributed by atoms with Gasteiger partial charge in [-0.1, -0.05) is 18.2 Å². The van der Waals surface area contributed by atoms with Crippen LogP contribution in [0.3, 0.4) is 0 Å². The van der Waals surface area contributed by atoms with Crippen LogP contribution in [0, 0.1) is 0 Å². The van der Waals surface area contributed by atoms with Gasteiger partial charge in [0.05, 0.1) is 0 Å². The molecule has 1 aromatic carbocycles. The van der Waals surface area contributed by atoms with Crippen molar-refractivity contribution in [3.05, 3.63) is 60.4 Å². The lowest BCUT2D eigenvalue weighted by molar-refractivity contribution is -0.139. The van der Waals surface area contributed by atoms with E-state index in [0.717, 1.165) is 31.7 Å². The number of carbonyl (C=O) groups excluding carboxylic acids is 2. The van der Waals surface area contributed by atoms with Crippen molar-refractivity contribution in [2.45, 2.75) is 19.5 Å². The molecule has 7 heteroatoms. The summed E-state index contributed by atoms with van der Waals surface area (Å²) >= 11 is 0. The summed E-state index contributed by atoms with van der Waals surface area (Å²) in [6.07, 6.45) is 3.31. The number of anilines is 1. The molecular weight excluding hydrogens is 354 g/mol. The molecule has 0 aliphatic carbocycles. The van der Waals surface area contributed by atoms with Crippen LogP contribution in [0.5, 0.6) is 0 Å². The molecule has 1 saturated heterocycles. The number of pyridine rings is 1. The van der Waals surface area contributed by atoms with E-state index in [-0.39, 0.29) is 6.04 Å². The van der Waals surface area contributed by atoms with Crippen molar-refractivity contribution in [3.8, 4) is 0 Å². The average Bonchev–Trinajstić information content (AvgIpc) is 2.77. The second-order valence-corrected chi connectivity index (χ2v) is 6.96. The lowest BCUT2D eigenvalue weighted by atomic mass is 10.2. The third-order valence-electron chi connectivity index (χ3n) is 5.03. The SMILES string of the molecule is CC(CNC(=O)C(=O)NCc1ccncc1)N1CCN(c2ccccc2)CC1. The summed E-state index contributed by atoms with van der Waals surface area (Å²) in [5, 5.41) is 5.37. The monoisotopic (exact) mass is 381 g/mol. The molecular formula is C21H27N5O2. The van der Waals surface area contributed by atoms with Gasteiger partial charge in [0.1, 0.15) is 0 Å². The van der Waals surface area contributed by atoms with Crippen molar-refractivity contribution in [2.24, 2.45) is 0 Å². The van der Waals surface area contributed by atoms with Gasteiger partial charge in [-0.05, 0) is 36.8 Å². The lowest BCUT2D eigenvalue weighted by Gasteiger charge is -2.39. The number of aromatic nitrogens is 1. The normalized spacial score (nSPS) is 15.7. The van der Waals surface area contributed by atoms with Gasteiger partial charge in [0.25, 0.3) is 0 Å². The van der Waals surface area contributed by atoms with Crippen molar-refractivity contribution < 1.29 is 9.59 Å². The van der Waals surface area contributed by atoms with E-state index in [9.17, 15) is 9.59 Å². The Balaban J connectivity index is 1.37. The summed E-state index contributed by atoms with van der Waals surface area (Å²) in [4.78, 5) is 32.6. The number of hydrogen-bond acceptors (Lipinski definition) is 5. The molecule has 28 heavy (non-hydrogen) atoms. The maximum atomic E-state index is 12.0. The second kappa shape index (κ2) is 9.85. The number of para-hydroxylation sites is 1. The number of carbonyl (C=O) groups is 2. The lowest BCUT2D eigenvalue weighted by Crippen LogP contribution is -2.53. The smallest absolute Gasteiger partial charge is 0.309 e. The zero-order valence-electron chi connectivity index (χ0n) is 16.2. The molecule has 7 nitrogen and oxygen atoms in total. The van der Waals surface area contributed by atoms with Gasteiger partial charge in [-0.3, -0.25) is 19.5 Å². The Morgan fingerprint density at radius 2 is 1.61 bits per heavy atom. The highest BCUT2D eigenvalue weighted by molar-refractivity contribution is 6.35. The Labute approximate surface area is 165 Å². The maximum Gasteiger partial charge on any atom is 0.309 e. The quantitative estimate of drug-likeness (QED) is 0.731. The van der Waals surface area contributed by atoms with Crippen LogP contribution in [-0.4, -0.2) is 60.5 Å². The molecule has 1 aromatic heterocycles. The molecule has 0 bridgehead atoms. The number of piperazine rings is 1. The van der Waals surface area contributed by atoms with Crippen LogP contribution < -0.4 is 15.5 Å². The molecule has 2 heterocycles. The van der Waals surface area contributed by atoms with Crippen molar-refractivity contribution in [2.75, 3.05) is 37.6 Å². The van der Waals surface area contributed by atoms with Gasteiger partial charge in [0.15, 0.2) is 0 Å². The van der Waals surface area contributed by atoms with Crippen molar-refractivity contribution in [1.82, 2.24) is 20.5 Å². The van der Waals surface area contributed by atoms with Crippen molar-refractivity contribution >= 4 is 17.5 Å². The van der Waals surface area contributed by atoms with Crippen LogP contribution >= 0.6 is 0 Å². The highest BCUT2D eigenvalue weighted by Crippen LogP contribution is 2.16. The number of nitrogens with one attached hydrogen (secondary N) is 2. The van der Waals surface area contributed by atoms with E-state index in [1.807, 2.05) is 6.07 Å². The molecule has 2 amide bonds. The molecule has 2 N–H and O–H groups in total. The Kier molecular flexibility index (Phi) is 6.97. The first-order valence-electron chi connectivity index (χ1n) is 9.62. The molecule has 2 aromatic rings. The van der Waals surface area contributed by atoms with E-state index in [4.69, 9.17) is 0 Å². The standard InChI is InChI=1S/C21H27N5O2/c1-17(25-11-13-26(14-12-25)19-5-3-2-4-6-19)15-23-20(27)21(28)24-16-18-7-9-22-10-8-18/h2-10,17H,11-16H2,1H3,(H,23,27)(H,24,28). The molecule has 0 radical (unpaired) electrons. The zero-order chi connectivity index (χ0) is 19.8. The number of benzene rings is 1. The van der Waals surface area contributed by atoms with Gasteiger partial charge in [0.2, 0.25) is 0 Å². The first-order chi connectivity index (χ1) is 13.6. The number of hydrogen-bond donors (Lipinski definition) is 2. The minimum Gasteiger partial charge on any atom is -0.369 e. The van der Waals surface area contributed by atoms with Gasteiger partial charge in [-0.15, -0.1) is 0 Å². The van der Waals surface area contributed by atoms with E-state index < -0.39 is 11.8 Å². The predicted molar refractivity (Wildman–Crippen MR) is 109 cm³/mol. The summed E-state index contributed by atoms with van der Waals surface area (Å²) in [7, 11) is 0. The topological polar surface area (TPSA) is 77.6 Å². The van der Waals surface area contributed by atoms with Gasteiger partial charge in [0, 0.05) is 63.4 Å². The van der Waals surface area contributed by atoms with Gasteiger partial charge in [-0.2, -0.15) is 0 Å². The first-order valence-corrected chi connectivity index (χ1v) is 9.62. The minimum absolute atomic E-state index is 0.176. The van der Waals surface area contributed by atoms with Crippen LogP contribution in [0.15, 0.2) is 54.9 Å². The fourth-order valence-electron chi connectivity index (χ4n) is 3.27. The fraction of sp³-hybridized carbons (Fsp3) is 0.381. The van der Waals surface area contributed by atoms with E-state index >= 15 is 0 Å². The molecule has 1 aliphatic rings. The van der Waals surface area contributed by atoms with E-state index in [1.54, 1.807) is 24.5 Å². The molecule has 1 unspecified atom stereocenters. The molecule has 0 spiro atoms. The molecule has 1 atom stereocenters. The van der Waals surface area contributed by atoms with Gasteiger partial charge >= 0.3 is 11.8 Å². The Hall–Kier alpha value is -2.93. The van der Waals surface area contributed by atoms with Crippen LogP contribution in [-0.2, 0) is 16.1 Å². The molecule has 148 valence electrons. The van der Waals surface area contributed by atoms with Crippen LogP contribution in [0.2, 0.25) is 0 Å². The molecule has 1 fully saturated rings. The molecule has 0 saturated carbocycles. The Morgan fingerprint density at radius 3 is 2.29 bits per heavy atom. The number of nitrogens with zero attached hydrogens (tertiary/aromatic N) is 3. The number of amides is 2. The third-order valence-corrected chi connectivity index (χ3v) is 5.03. The predicted octanol–water partition coefficient (Wildman–Crippen LogP) is 1.02. The van der Waals surface area contributed by atoms with Gasteiger partial charge < -0.3 is 15.5 Å². The first kappa shape index (κ1) is 19.8. The van der Waals surface area contributed by atoms with E-state index in [0.29, 0.717) is 13.1 Å². The average molecular weight is 381 g/mol. The largest absolute Gasteiger partial charge is 0.369 e.